The lowest BCUT2D eigenvalue weighted by molar-refractivity contribution is 0.0888. The van der Waals surface area contributed by atoms with Gasteiger partial charge in [-0.3, -0.25) is 4.99 Å². The van der Waals surface area contributed by atoms with Crippen LogP contribution in [-0.2, 0) is 9.47 Å². The number of benzene rings is 1. The second-order valence-corrected chi connectivity index (χ2v) is 6.83. The molecule has 172 valence electrons. The first-order valence-electron chi connectivity index (χ1n) is 10.2. The van der Waals surface area contributed by atoms with Crippen LogP contribution in [0, 0.1) is 5.92 Å². The molecule has 1 aliphatic rings. The van der Waals surface area contributed by atoms with Crippen molar-refractivity contribution in [2.45, 2.75) is 19.3 Å². The molecule has 1 saturated heterocycles. The third-order valence-electron chi connectivity index (χ3n) is 4.57. The van der Waals surface area contributed by atoms with Gasteiger partial charge in [-0.25, -0.2) is 0 Å². The number of halogens is 1. The molecular weight excluding hydrogens is 501 g/mol. The van der Waals surface area contributed by atoms with Gasteiger partial charge in [0.2, 0.25) is 0 Å². The largest absolute Gasteiger partial charge is 0.496 e. The third kappa shape index (κ3) is 10.5. The van der Waals surface area contributed by atoms with Gasteiger partial charge in [0.05, 0.1) is 34.0 Å². The Morgan fingerprint density at radius 1 is 1.03 bits per heavy atom. The van der Waals surface area contributed by atoms with Crippen molar-refractivity contribution >= 4 is 29.9 Å². The van der Waals surface area contributed by atoms with Gasteiger partial charge in [-0.05, 0) is 19.3 Å². The van der Waals surface area contributed by atoms with E-state index < -0.39 is 0 Å². The summed E-state index contributed by atoms with van der Waals surface area (Å²) >= 11 is 0. The molecule has 0 saturated carbocycles. The molecule has 0 spiro atoms. The Bertz CT molecular complexity index is 590. The van der Waals surface area contributed by atoms with Crippen molar-refractivity contribution in [3.05, 3.63) is 18.2 Å². The molecule has 1 atom stereocenters. The second kappa shape index (κ2) is 16.3. The van der Waals surface area contributed by atoms with Crippen LogP contribution in [0.5, 0.6) is 17.2 Å². The van der Waals surface area contributed by atoms with Crippen LogP contribution >= 0.6 is 24.0 Å². The van der Waals surface area contributed by atoms with E-state index in [2.05, 4.69) is 15.6 Å². The van der Waals surface area contributed by atoms with Crippen molar-refractivity contribution in [2.75, 3.05) is 67.4 Å². The number of rotatable bonds is 13. The lowest BCUT2D eigenvalue weighted by Gasteiger charge is -2.13. The van der Waals surface area contributed by atoms with E-state index in [0.717, 1.165) is 70.5 Å². The molecule has 1 unspecified atom stereocenters. The number of ether oxygens (including phenoxy) is 5. The Morgan fingerprint density at radius 2 is 1.67 bits per heavy atom. The SMILES string of the molecule is CN=C(NCCCOCC1CCOC1)NCCCOc1cc(OC)cc(OC)c1.I. The van der Waals surface area contributed by atoms with Gasteiger partial charge in [0.1, 0.15) is 17.2 Å². The van der Waals surface area contributed by atoms with Gasteiger partial charge in [-0.2, -0.15) is 0 Å². The normalized spacial score (nSPS) is 16.0. The molecule has 0 aliphatic carbocycles. The average molecular weight is 537 g/mol. The number of guanidine groups is 1. The summed E-state index contributed by atoms with van der Waals surface area (Å²) < 4.78 is 27.3. The van der Waals surface area contributed by atoms with Gasteiger partial charge in [0.15, 0.2) is 5.96 Å². The van der Waals surface area contributed by atoms with Gasteiger partial charge >= 0.3 is 0 Å². The van der Waals surface area contributed by atoms with Gasteiger partial charge in [-0.15, -0.1) is 24.0 Å². The maximum atomic E-state index is 5.79. The molecule has 30 heavy (non-hydrogen) atoms. The molecule has 9 heteroatoms. The minimum absolute atomic E-state index is 0. The Morgan fingerprint density at radius 3 is 2.23 bits per heavy atom. The smallest absolute Gasteiger partial charge is 0.190 e. The zero-order valence-corrected chi connectivity index (χ0v) is 20.6. The zero-order valence-electron chi connectivity index (χ0n) is 18.3. The first kappa shape index (κ1) is 26.6. The van der Waals surface area contributed by atoms with Crippen LogP contribution in [0.2, 0.25) is 0 Å². The van der Waals surface area contributed by atoms with Gasteiger partial charge < -0.3 is 34.3 Å². The van der Waals surface area contributed by atoms with E-state index in [4.69, 9.17) is 23.7 Å². The monoisotopic (exact) mass is 537 g/mol. The Kier molecular flexibility index (Phi) is 14.4. The lowest BCUT2D eigenvalue weighted by Crippen LogP contribution is -2.38. The molecule has 2 rings (SSSR count). The van der Waals surface area contributed by atoms with Crippen molar-refractivity contribution < 1.29 is 23.7 Å². The molecule has 0 bridgehead atoms. The molecule has 1 aliphatic heterocycles. The predicted molar refractivity (Wildman–Crippen MR) is 129 cm³/mol. The summed E-state index contributed by atoms with van der Waals surface area (Å²) in [7, 11) is 5.01. The van der Waals surface area contributed by atoms with Crippen molar-refractivity contribution in [3.8, 4) is 17.2 Å². The molecule has 2 N–H and O–H groups in total. The van der Waals surface area contributed by atoms with Crippen LogP contribution in [-0.4, -0.2) is 73.4 Å². The number of methoxy groups -OCH3 is 2. The summed E-state index contributed by atoms with van der Waals surface area (Å²) in [6.45, 7) is 5.42. The van der Waals surface area contributed by atoms with Crippen LogP contribution in [0.3, 0.4) is 0 Å². The highest BCUT2D eigenvalue weighted by Gasteiger charge is 2.15. The maximum Gasteiger partial charge on any atom is 0.190 e. The summed E-state index contributed by atoms with van der Waals surface area (Å²) in [6, 6.07) is 5.51. The average Bonchev–Trinajstić information content (AvgIpc) is 3.27. The minimum Gasteiger partial charge on any atom is -0.496 e. The highest BCUT2D eigenvalue weighted by atomic mass is 127. The van der Waals surface area contributed by atoms with E-state index in [1.54, 1.807) is 21.3 Å². The third-order valence-corrected chi connectivity index (χ3v) is 4.57. The lowest BCUT2D eigenvalue weighted by atomic mass is 10.1. The molecule has 1 aromatic carbocycles. The summed E-state index contributed by atoms with van der Waals surface area (Å²) in [5, 5.41) is 6.59. The molecule has 0 radical (unpaired) electrons. The fraction of sp³-hybridized carbons (Fsp3) is 0.667. The number of aliphatic imine (C=N–C) groups is 1. The zero-order chi connectivity index (χ0) is 20.7. The number of hydrogen-bond acceptors (Lipinski definition) is 6. The Labute approximate surface area is 197 Å². The highest BCUT2D eigenvalue weighted by molar-refractivity contribution is 14.0. The fourth-order valence-corrected chi connectivity index (χ4v) is 2.90. The van der Waals surface area contributed by atoms with Crippen molar-refractivity contribution in [1.29, 1.82) is 0 Å². The van der Waals surface area contributed by atoms with Crippen LogP contribution in [0.25, 0.3) is 0 Å². The first-order valence-corrected chi connectivity index (χ1v) is 10.2. The van der Waals surface area contributed by atoms with Crippen LogP contribution in [0.1, 0.15) is 19.3 Å². The van der Waals surface area contributed by atoms with E-state index in [1.807, 2.05) is 18.2 Å². The summed E-state index contributed by atoms with van der Waals surface area (Å²) in [5.41, 5.74) is 0. The molecule has 8 nitrogen and oxygen atoms in total. The van der Waals surface area contributed by atoms with Crippen molar-refractivity contribution in [1.82, 2.24) is 10.6 Å². The Balaban J connectivity index is 0.00000450. The van der Waals surface area contributed by atoms with Crippen molar-refractivity contribution in [2.24, 2.45) is 10.9 Å². The molecule has 0 aromatic heterocycles. The number of hydrogen-bond donors (Lipinski definition) is 2. The first-order chi connectivity index (χ1) is 14.2. The van der Waals surface area contributed by atoms with E-state index >= 15 is 0 Å². The highest BCUT2D eigenvalue weighted by Crippen LogP contribution is 2.27. The maximum absolute atomic E-state index is 5.79. The molecule has 1 heterocycles. The van der Waals surface area contributed by atoms with Gasteiger partial charge in [0.25, 0.3) is 0 Å². The topological polar surface area (TPSA) is 82.6 Å². The fourth-order valence-electron chi connectivity index (χ4n) is 2.90. The molecule has 1 aromatic rings. The van der Waals surface area contributed by atoms with E-state index in [1.165, 1.54) is 0 Å². The van der Waals surface area contributed by atoms with Crippen LogP contribution < -0.4 is 24.8 Å². The summed E-state index contributed by atoms with van der Waals surface area (Å²) in [6.07, 6.45) is 2.89. The van der Waals surface area contributed by atoms with E-state index in [9.17, 15) is 0 Å². The molecule has 0 amide bonds. The predicted octanol–water partition coefficient (Wildman–Crippen LogP) is 2.70. The number of nitrogens with zero attached hydrogens (tertiary/aromatic N) is 1. The van der Waals surface area contributed by atoms with E-state index in [-0.39, 0.29) is 24.0 Å². The van der Waals surface area contributed by atoms with Gasteiger partial charge in [0, 0.05) is 57.5 Å². The van der Waals surface area contributed by atoms with E-state index in [0.29, 0.717) is 24.0 Å². The quantitative estimate of drug-likeness (QED) is 0.173. The summed E-state index contributed by atoms with van der Waals surface area (Å²) in [5.74, 6) is 3.51. The molecule has 1 fully saturated rings. The Hall–Kier alpha value is -1.46. The summed E-state index contributed by atoms with van der Waals surface area (Å²) in [4.78, 5) is 4.23. The van der Waals surface area contributed by atoms with Crippen LogP contribution in [0.4, 0.5) is 0 Å². The van der Waals surface area contributed by atoms with Gasteiger partial charge in [-0.1, -0.05) is 0 Å². The van der Waals surface area contributed by atoms with Crippen molar-refractivity contribution in [3.63, 3.8) is 0 Å². The second-order valence-electron chi connectivity index (χ2n) is 6.83. The van der Waals surface area contributed by atoms with Crippen LogP contribution in [0.15, 0.2) is 23.2 Å². The number of nitrogens with one attached hydrogen (secondary N) is 2. The molecular formula is C21H36IN3O5. The minimum atomic E-state index is 0. The standard InChI is InChI=1S/C21H35N3O5.HI/c1-22-21(23-7-4-9-27-15-17-6-11-28-16-17)24-8-5-10-29-20-13-18(25-2)12-19(14-20)26-3;/h12-14,17H,4-11,15-16H2,1-3H3,(H2,22,23,24);1H.